The number of rotatable bonds is 2. The predicted octanol–water partition coefficient (Wildman–Crippen LogP) is 7.79. The molecule has 2 unspecified atom stereocenters. The van der Waals surface area contributed by atoms with Gasteiger partial charge >= 0.3 is 0 Å². The highest BCUT2D eigenvalue weighted by molar-refractivity contribution is 8.12. The lowest BCUT2D eigenvalue weighted by Crippen LogP contribution is -2.21. The SMILES string of the molecule is C1=C(c2cccs2)SC2=CC=C3c4cc(-c5cccs5)sc4CCC3C12. The molecule has 0 N–H and O–H groups in total. The van der Waals surface area contributed by atoms with Crippen LogP contribution in [0.2, 0.25) is 0 Å². The number of thioether (sulfide) groups is 1. The average molecular weight is 409 g/mol. The van der Waals surface area contributed by atoms with Crippen LogP contribution in [0, 0.1) is 11.8 Å². The zero-order valence-corrected chi connectivity index (χ0v) is 17.2. The first kappa shape index (κ1) is 15.7. The maximum atomic E-state index is 2.54. The fourth-order valence-corrected chi connectivity index (χ4v) is 8.36. The van der Waals surface area contributed by atoms with Crippen molar-refractivity contribution in [2.75, 3.05) is 0 Å². The van der Waals surface area contributed by atoms with Gasteiger partial charge in [-0.15, -0.1) is 34.0 Å². The van der Waals surface area contributed by atoms with Gasteiger partial charge in [-0.25, -0.2) is 0 Å². The summed E-state index contributed by atoms with van der Waals surface area (Å²) >= 11 is 7.69. The van der Waals surface area contributed by atoms with E-state index in [4.69, 9.17) is 0 Å². The molecule has 0 spiro atoms. The molecule has 4 heteroatoms. The Kier molecular flexibility index (Phi) is 3.68. The second-order valence-corrected chi connectivity index (χ2v) is 11.0. The molecule has 3 aromatic rings. The summed E-state index contributed by atoms with van der Waals surface area (Å²) in [7, 11) is 0. The van der Waals surface area contributed by atoms with E-state index in [1.807, 2.05) is 45.8 Å². The lowest BCUT2D eigenvalue weighted by molar-refractivity contribution is 0.513. The van der Waals surface area contributed by atoms with Gasteiger partial charge in [-0.3, -0.25) is 0 Å². The van der Waals surface area contributed by atoms with Gasteiger partial charge in [0.05, 0.1) is 0 Å². The lowest BCUT2D eigenvalue weighted by atomic mass is 9.73. The molecule has 1 aliphatic heterocycles. The summed E-state index contributed by atoms with van der Waals surface area (Å²) < 4.78 is 0. The van der Waals surface area contributed by atoms with Crippen molar-refractivity contribution in [2.24, 2.45) is 11.8 Å². The molecule has 0 aromatic carbocycles. The second-order valence-electron chi connectivity index (χ2n) is 6.90. The zero-order valence-electron chi connectivity index (χ0n) is 14.0. The predicted molar refractivity (Wildman–Crippen MR) is 119 cm³/mol. The quantitative estimate of drug-likeness (QED) is 0.417. The molecule has 0 amide bonds. The van der Waals surface area contributed by atoms with Gasteiger partial charge < -0.3 is 0 Å². The largest absolute Gasteiger partial charge is 0.143 e. The molecule has 0 fully saturated rings. The molecule has 6 rings (SSSR count). The molecule has 2 atom stereocenters. The Bertz CT molecular complexity index is 1060. The van der Waals surface area contributed by atoms with E-state index in [1.54, 1.807) is 15.4 Å². The molecule has 0 saturated heterocycles. The van der Waals surface area contributed by atoms with Crippen molar-refractivity contribution in [1.82, 2.24) is 0 Å². The Balaban J connectivity index is 1.39. The molecule has 4 heterocycles. The van der Waals surface area contributed by atoms with E-state index in [0.717, 1.165) is 0 Å². The van der Waals surface area contributed by atoms with Crippen molar-refractivity contribution in [3.63, 3.8) is 0 Å². The number of fused-ring (bicyclic) bond motifs is 5. The molecule has 3 aliphatic rings. The number of aryl methyl sites for hydroxylation is 1. The van der Waals surface area contributed by atoms with Gasteiger partial charge in [-0.1, -0.05) is 42.1 Å². The third kappa shape index (κ3) is 2.40. The van der Waals surface area contributed by atoms with Gasteiger partial charge in [0, 0.05) is 30.3 Å². The summed E-state index contributed by atoms with van der Waals surface area (Å²) in [4.78, 5) is 8.85. The molecular weight excluding hydrogens is 393 g/mol. The zero-order chi connectivity index (χ0) is 17.1. The van der Waals surface area contributed by atoms with Crippen LogP contribution in [0.5, 0.6) is 0 Å². The Hall–Kier alpha value is -1.33. The molecular formula is C22H16S4. The van der Waals surface area contributed by atoms with Crippen LogP contribution in [0.4, 0.5) is 0 Å². The van der Waals surface area contributed by atoms with Gasteiger partial charge in [0.1, 0.15) is 0 Å². The summed E-state index contributed by atoms with van der Waals surface area (Å²) in [5, 5.41) is 4.36. The number of hydrogen-bond donors (Lipinski definition) is 0. The minimum atomic E-state index is 0.579. The Labute approximate surface area is 169 Å². The average Bonchev–Trinajstić information content (AvgIpc) is 3.47. The standard InChI is InChI=1S/C22H16S4/c1-3-19(23-9-1)21-11-15-13-6-8-18-16(14(13)5-7-17(15)25-21)12-22(26-18)20-4-2-10-24-20/h1-5,7,9-13,15H,6,8H2. The van der Waals surface area contributed by atoms with Crippen LogP contribution in [0.25, 0.3) is 20.2 Å². The van der Waals surface area contributed by atoms with Crippen LogP contribution >= 0.6 is 45.8 Å². The number of hydrogen-bond acceptors (Lipinski definition) is 4. The van der Waals surface area contributed by atoms with E-state index in [1.165, 1.54) is 37.9 Å². The molecule has 26 heavy (non-hydrogen) atoms. The van der Waals surface area contributed by atoms with Gasteiger partial charge in [-0.2, -0.15) is 0 Å². The summed E-state index contributed by atoms with van der Waals surface area (Å²) in [6, 6.07) is 11.3. The summed E-state index contributed by atoms with van der Waals surface area (Å²) in [6.45, 7) is 0. The molecule has 0 saturated carbocycles. The first-order chi connectivity index (χ1) is 12.9. The normalized spacial score (nSPS) is 23.6. The number of allylic oxidation sites excluding steroid dienone is 5. The maximum absolute atomic E-state index is 2.54. The van der Waals surface area contributed by atoms with Crippen LogP contribution < -0.4 is 0 Å². The van der Waals surface area contributed by atoms with E-state index >= 15 is 0 Å². The smallest absolute Gasteiger partial charge is 0.0451 e. The summed E-state index contributed by atoms with van der Waals surface area (Å²) in [5.41, 5.74) is 3.09. The van der Waals surface area contributed by atoms with Gasteiger partial charge in [0.25, 0.3) is 0 Å². The fourth-order valence-electron chi connectivity index (χ4n) is 4.28. The first-order valence-electron chi connectivity index (χ1n) is 8.89. The van der Waals surface area contributed by atoms with Crippen molar-refractivity contribution in [1.29, 1.82) is 0 Å². The highest BCUT2D eigenvalue weighted by Crippen LogP contribution is 2.56. The lowest BCUT2D eigenvalue weighted by Gasteiger charge is -2.32. The molecule has 3 aromatic heterocycles. The Morgan fingerprint density at radius 1 is 0.923 bits per heavy atom. The van der Waals surface area contributed by atoms with Crippen molar-refractivity contribution in [2.45, 2.75) is 12.8 Å². The molecule has 0 radical (unpaired) electrons. The minimum absolute atomic E-state index is 0.579. The first-order valence-corrected chi connectivity index (χ1v) is 12.3. The topological polar surface area (TPSA) is 0 Å². The van der Waals surface area contributed by atoms with E-state index in [9.17, 15) is 0 Å². The van der Waals surface area contributed by atoms with Gasteiger partial charge in [0.2, 0.25) is 0 Å². The molecule has 0 bridgehead atoms. The van der Waals surface area contributed by atoms with Crippen molar-refractivity contribution >= 4 is 56.3 Å². The monoisotopic (exact) mass is 408 g/mol. The Morgan fingerprint density at radius 3 is 2.58 bits per heavy atom. The van der Waals surface area contributed by atoms with Crippen LogP contribution in [0.1, 0.15) is 21.7 Å². The van der Waals surface area contributed by atoms with E-state index in [2.05, 4.69) is 59.3 Å². The summed E-state index contributed by atoms with van der Waals surface area (Å²) in [6.07, 6.45) is 9.84. The Morgan fingerprint density at radius 2 is 1.77 bits per heavy atom. The number of thiophene rings is 3. The molecule has 2 aliphatic carbocycles. The van der Waals surface area contributed by atoms with Crippen LogP contribution in [-0.2, 0) is 6.42 Å². The van der Waals surface area contributed by atoms with Crippen molar-refractivity contribution in [3.8, 4) is 9.75 Å². The maximum Gasteiger partial charge on any atom is 0.0451 e. The molecule has 0 nitrogen and oxygen atoms in total. The second kappa shape index (κ2) is 6.10. The van der Waals surface area contributed by atoms with Crippen molar-refractivity contribution in [3.05, 3.63) is 79.5 Å². The third-order valence-corrected chi connectivity index (χ3v) is 9.99. The van der Waals surface area contributed by atoms with Gasteiger partial charge in [-0.05, 0) is 63.8 Å². The highest BCUT2D eigenvalue weighted by Gasteiger charge is 2.38. The van der Waals surface area contributed by atoms with E-state index in [-0.39, 0.29) is 0 Å². The fraction of sp³-hybridized carbons (Fsp3) is 0.182. The summed E-state index contributed by atoms with van der Waals surface area (Å²) in [5.74, 6) is 1.23. The van der Waals surface area contributed by atoms with Crippen molar-refractivity contribution < 1.29 is 0 Å². The van der Waals surface area contributed by atoms with E-state index in [0.29, 0.717) is 11.8 Å². The highest BCUT2D eigenvalue weighted by atomic mass is 32.2. The minimum Gasteiger partial charge on any atom is -0.143 e. The molecule has 128 valence electrons. The van der Waals surface area contributed by atoms with Gasteiger partial charge in [0.15, 0.2) is 0 Å². The third-order valence-electron chi connectivity index (χ3n) is 5.48. The van der Waals surface area contributed by atoms with Crippen LogP contribution in [0.15, 0.2) is 64.2 Å². The van der Waals surface area contributed by atoms with E-state index < -0.39 is 0 Å². The van der Waals surface area contributed by atoms with Crippen LogP contribution in [0.3, 0.4) is 0 Å². The van der Waals surface area contributed by atoms with Crippen LogP contribution in [-0.4, -0.2) is 0 Å².